The van der Waals surface area contributed by atoms with Crippen LogP contribution in [0.1, 0.15) is 40.0 Å². The summed E-state index contributed by atoms with van der Waals surface area (Å²) in [5.41, 5.74) is 0. The van der Waals surface area contributed by atoms with Crippen molar-refractivity contribution in [2.75, 3.05) is 0 Å². The van der Waals surface area contributed by atoms with Gasteiger partial charge in [-0.05, 0) is 19.8 Å². The van der Waals surface area contributed by atoms with E-state index in [4.69, 9.17) is 11.6 Å². The Bertz CT molecular complexity index is 219. The minimum Gasteiger partial charge on any atom is -0.335 e. The molecule has 2 N–H and O–H groups in total. The van der Waals surface area contributed by atoms with E-state index in [0.717, 1.165) is 19.3 Å². The van der Waals surface area contributed by atoms with Crippen molar-refractivity contribution in [3.8, 4) is 0 Å². The Hall–Kier alpha value is -0.770. The number of hydrogen-bond donors (Lipinski definition) is 2. The average Bonchev–Trinajstić information content (AvgIpc) is 2.16. The van der Waals surface area contributed by atoms with E-state index in [0.29, 0.717) is 0 Å². The van der Waals surface area contributed by atoms with Crippen molar-refractivity contribution in [3.63, 3.8) is 0 Å². The molecule has 15 heavy (non-hydrogen) atoms. The van der Waals surface area contributed by atoms with Gasteiger partial charge in [0.15, 0.2) is 0 Å². The van der Waals surface area contributed by atoms with E-state index >= 15 is 0 Å². The molecule has 2 unspecified atom stereocenters. The van der Waals surface area contributed by atoms with Crippen LogP contribution in [0.2, 0.25) is 0 Å². The van der Waals surface area contributed by atoms with Crippen LogP contribution in [0, 0.1) is 0 Å². The maximum absolute atomic E-state index is 11.3. The van der Waals surface area contributed by atoms with Crippen molar-refractivity contribution in [1.82, 2.24) is 10.6 Å². The summed E-state index contributed by atoms with van der Waals surface area (Å²) in [4.78, 5) is 22.4. The van der Waals surface area contributed by atoms with Gasteiger partial charge in [-0.15, -0.1) is 11.6 Å². The van der Waals surface area contributed by atoms with Crippen molar-refractivity contribution in [1.29, 1.82) is 0 Å². The highest BCUT2D eigenvalue weighted by molar-refractivity contribution is 6.31. The molecule has 0 rings (SSSR count). The fraction of sp³-hybridized carbons (Fsp3) is 0.800. The van der Waals surface area contributed by atoms with Crippen molar-refractivity contribution in [2.24, 2.45) is 0 Å². The van der Waals surface area contributed by atoms with Gasteiger partial charge in [-0.2, -0.15) is 0 Å². The molecule has 4 nitrogen and oxygen atoms in total. The molecule has 0 saturated carbocycles. The third kappa shape index (κ3) is 6.33. The van der Waals surface area contributed by atoms with Gasteiger partial charge in [-0.1, -0.05) is 20.3 Å². The number of halogens is 1. The largest absolute Gasteiger partial charge is 0.335 e. The van der Waals surface area contributed by atoms with Gasteiger partial charge in [0, 0.05) is 6.04 Å². The van der Waals surface area contributed by atoms with Gasteiger partial charge in [0.05, 0.1) is 0 Å². The van der Waals surface area contributed by atoms with E-state index in [-0.39, 0.29) is 6.04 Å². The molecule has 3 amide bonds. The first-order chi connectivity index (χ1) is 7.01. The van der Waals surface area contributed by atoms with Crippen molar-refractivity contribution >= 4 is 23.5 Å². The molecular formula is C10H19ClN2O2. The number of carbonyl (C=O) groups is 2. The third-order valence-corrected chi connectivity index (χ3v) is 2.26. The minimum absolute atomic E-state index is 0.119. The molecule has 5 heteroatoms. The molecule has 0 aromatic heterocycles. The van der Waals surface area contributed by atoms with Crippen LogP contribution >= 0.6 is 11.6 Å². The number of urea groups is 1. The van der Waals surface area contributed by atoms with E-state index in [1.54, 1.807) is 0 Å². The molecular weight excluding hydrogens is 216 g/mol. The maximum atomic E-state index is 11.3. The summed E-state index contributed by atoms with van der Waals surface area (Å²) in [5.74, 6) is -0.472. The zero-order chi connectivity index (χ0) is 11.8. The Morgan fingerprint density at radius 3 is 2.33 bits per heavy atom. The lowest BCUT2D eigenvalue weighted by molar-refractivity contribution is -0.119. The first-order valence-electron chi connectivity index (χ1n) is 5.26. The minimum atomic E-state index is -0.693. The van der Waals surface area contributed by atoms with Gasteiger partial charge in [0.2, 0.25) is 5.91 Å². The SMILES string of the molecule is CCCC(CC)NC(=O)NC(=O)C(C)Cl. The molecule has 0 heterocycles. The summed E-state index contributed by atoms with van der Waals surface area (Å²) in [6, 6.07) is -0.346. The number of hydrogen-bond acceptors (Lipinski definition) is 2. The Labute approximate surface area is 95.7 Å². The molecule has 0 aliphatic rings. The predicted molar refractivity (Wildman–Crippen MR) is 61.0 cm³/mol. The molecule has 88 valence electrons. The molecule has 0 aliphatic carbocycles. The van der Waals surface area contributed by atoms with Crippen molar-refractivity contribution < 1.29 is 9.59 Å². The second-order valence-electron chi connectivity index (χ2n) is 3.47. The normalized spacial score (nSPS) is 14.1. The lowest BCUT2D eigenvalue weighted by Crippen LogP contribution is -2.46. The zero-order valence-electron chi connectivity index (χ0n) is 9.47. The quantitative estimate of drug-likeness (QED) is 0.715. The van der Waals surface area contributed by atoms with Gasteiger partial charge in [-0.25, -0.2) is 4.79 Å². The van der Waals surface area contributed by atoms with Crippen LogP contribution in [0.25, 0.3) is 0 Å². The fourth-order valence-electron chi connectivity index (χ4n) is 1.16. The Morgan fingerprint density at radius 2 is 1.93 bits per heavy atom. The van der Waals surface area contributed by atoms with Crippen molar-refractivity contribution in [3.05, 3.63) is 0 Å². The Kier molecular flexibility index (Phi) is 7.13. The molecule has 0 bridgehead atoms. The third-order valence-electron chi connectivity index (χ3n) is 2.06. The molecule has 0 spiro atoms. The summed E-state index contributed by atoms with van der Waals surface area (Å²) < 4.78 is 0. The zero-order valence-corrected chi connectivity index (χ0v) is 10.2. The Balaban J connectivity index is 3.95. The van der Waals surface area contributed by atoms with Gasteiger partial charge in [0.1, 0.15) is 5.38 Å². The standard InChI is InChI=1S/C10H19ClN2O2/c1-4-6-8(5-2)12-10(15)13-9(14)7(3)11/h7-8H,4-6H2,1-3H3,(H2,12,13,14,15). The summed E-state index contributed by atoms with van der Waals surface area (Å²) in [5, 5.41) is 4.21. The van der Waals surface area contributed by atoms with Gasteiger partial charge < -0.3 is 5.32 Å². The molecule has 0 radical (unpaired) electrons. The topological polar surface area (TPSA) is 58.2 Å². The van der Waals surface area contributed by atoms with Crippen molar-refractivity contribution in [2.45, 2.75) is 51.5 Å². The van der Waals surface area contributed by atoms with Gasteiger partial charge >= 0.3 is 6.03 Å². The highest BCUT2D eigenvalue weighted by Gasteiger charge is 2.15. The summed E-state index contributed by atoms with van der Waals surface area (Å²) >= 11 is 5.51. The highest BCUT2D eigenvalue weighted by atomic mass is 35.5. The first kappa shape index (κ1) is 14.2. The van der Waals surface area contributed by atoms with E-state index in [9.17, 15) is 9.59 Å². The number of amides is 3. The molecule has 2 atom stereocenters. The highest BCUT2D eigenvalue weighted by Crippen LogP contribution is 2.00. The fourth-order valence-corrected chi connectivity index (χ4v) is 1.21. The smallest absolute Gasteiger partial charge is 0.321 e. The van der Waals surface area contributed by atoms with Crippen LogP contribution in [-0.2, 0) is 4.79 Å². The van der Waals surface area contributed by atoms with Crippen LogP contribution in [0.4, 0.5) is 4.79 Å². The molecule has 0 saturated heterocycles. The molecule has 0 aromatic rings. The van der Waals surface area contributed by atoms with Crippen LogP contribution in [0.3, 0.4) is 0 Å². The summed E-state index contributed by atoms with van der Waals surface area (Å²) in [6.07, 6.45) is 2.76. The molecule has 0 aliphatic heterocycles. The number of nitrogens with one attached hydrogen (secondary N) is 2. The van der Waals surface area contributed by atoms with Crippen LogP contribution in [0.15, 0.2) is 0 Å². The number of imide groups is 1. The second-order valence-corrected chi connectivity index (χ2v) is 4.13. The average molecular weight is 235 g/mol. The van der Waals surface area contributed by atoms with Crippen LogP contribution in [0.5, 0.6) is 0 Å². The maximum Gasteiger partial charge on any atom is 0.321 e. The number of carbonyl (C=O) groups excluding carboxylic acids is 2. The monoisotopic (exact) mass is 234 g/mol. The second kappa shape index (κ2) is 7.51. The van der Waals surface area contributed by atoms with Crippen LogP contribution in [-0.4, -0.2) is 23.4 Å². The van der Waals surface area contributed by atoms with Gasteiger partial charge in [-0.3, -0.25) is 10.1 Å². The first-order valence-corrected chi connectivity index (χ1v) is 5.70. The lowest BCUT2D eigenvalue weighted by Gasteiger charge is -2.16. The van der Waals surface area contributed by atoms with E-state index < -0.39 is 17.3 Å². The molecule has 0 fully saturated rings. The van der Waals surface area contributed by atoms with E-state index in [2.05, 4.69) is 10.6 Å². The molecule has 0 aromatic carbocycles. The summed E-state index contributed by atoms with van der Waals surface area (Å²) in [7, 11) is 0. The van der Waals surface area contributed by atoms with Gasteiger partial charge in [0.25, 0.3) is 0 Å². The number of alkyl halides is 1. The predicted octanol–water partition coefficient (Wildman–Crippen LogP) is 2.02. The number of rotatable bonds is 5. The van der Waals surface area contributed by atoms with E-state index in [1.807, 2.05) is 13.8 Å². The summed E-state index contributed by atoms with van der Waals surface area (Å²) in [6.45, 7) is 5.56. The van der Waals surface area contributed by atoms with Crippen LogP contribution < -0.4 is 10.6 Å². The Morgan fingerprint density at radius 1 is 1.33 bits per heavy atom. The lowest BCUT2D eigenvalue weighted by atomic mass is 10.1. The van der Waals surface area contributed by atoms with E-state index in [1.165, 1.54) is 6.92 Å².